The molecule has 0 amide bonds. The summed E-state index contributed by atoms with van der Waals surface area (Å²) in [6, 6.07) is 0. The highest BCUT2D eigenvalue weighted by Crippen LogP contribution is 2.42. The third kappa shape index (κ3) is 1.95. The normalized spacial score (nSPS) is 30.2. The zero-order chi connectivity index (χ0) is 11.2. The average Bonchev–Trinajstić information content (AvgIpc) is 1.99. The number of hydrogen-bond acceptors (Lipinski definition) is 3. The van der Waals surface area contributed by atoms with Crippen molar-refractivity contribution in [3.63, 3.8) is 0 Å². The molecule has 0 spiro atoms. The van der Waals surface area contributed by atoms with Gasteiger partial charge in [0.2, 0.25) is 0 Å². The van der Waals surface area contributed by atoms with Gasteiger partial charge in [0.15, 0.2) is 5.79 Å². The monoisotopic (exact) mass is 201 g/mol. The molecule has 1 saturated heterocycles. The second-order valence-electron chi connectivity index (χ2n) is 5.69. The quantitative estimate of drug-likeness (QED) is 0.654. The molecule has 0 aromatic heterocycles. The summed E-state index contributed by atoms with van der Waals surface area (Å²) < 4.78 is 5.23. The Bertz CT molecular complexity index is 200. The summed E-state index contributed by atoms with van der Waals surface area (Å²) in [5.41, 5.74) is -0.0704. The van der Waals surface area contributed by atoms with Gasteiger partial charge in [0.05, 0.1) is 0 Å². The molecule has 1 aliphatic rings. The van der Waals surface area contributed by atoms with Crippen molar-refractivity contribution in [2.24, 2.45) is 0 Å². The second kappa shape index (κ2) is 3.19. The molecular weight excluding hydrogens is 178 g/mol. The third-order valence-corrected chi connectivity index (χ3v) is 3.61. The first kappa shape index (κ1) is 12.0. The Kier molecular flexibility index (Phi) is 2.72. The van der Waals surface area contributed by atoms with E-state index in [-0.39, 0.29) is 11.1 Å². The third-order valence-electron chi connectivity index (χ3n) is 3.61. The van der Waals surface area contributed by atoms with Crippen molar-refractivity contribution < 1.29 is 9.84 Å². The van der Waals surface area contributed by atoms with Gasteiger partial charge in [-0.15, -0.1) is 0 Å². The molecule has 0 aromatic carbocycles. The van der Waals surface area contributed by atoms with Crippen LogP contribution in [0.2, 0.25) is 0 Å². The lowest BCUT2D eigenvalue weighted by Gasteiger charge is -2.55. The molecule has 0 saturated carbocycles. The lowest BCUT2D eigenvalue weighted by molar-refractivity contribution is -0.254. The van der Waals surface area contributed by atoms with E-state index in [0.717, 1.165) is 0 Å². The van der Waals surface area contributed by atoms with Crippen LogP contribution in [-0.4, -0.2) is 41.0 Å². The fraction of sp³-hybridized carbons (Fsp3) is 1.00. The van der Waals surface area contributed by atoms with Gasteiger partial charge in [0.25, 0.3) is 0 Å². The molecule has 84 valence electrons. The Morgan fingerprint density at radius 2 is 1.43 bits per heavy atom. The number of nitrogens with zero attached hydrogens (tertiary/aromatic N) is 1. The number of hydrogen-bond donors (Lipinski definition) is 1. The SMILES string of the molecule is COC1(O)CC(C)(C)N(C)C(C)(C)C1. The van der Waals surface area contributed by atoms with Crippen molar-refractivity contribution in [3.8, 4) is 0 Å². The van der Waals surface area contributed by atoms with E-state index in [1.807, 2.05) is 0 Å². The van der Waals surface area contributed by atoms with Crippen molar-refractivity contribution in [2.75, 3.05) is 14.2 Å². The molecule has 3 nitrogen and oxygen atoms in total. The van der Waals surface area contributed by atoms with Crippen molar-refractivity contribution in [3.05, 3.63) is 0 Å². The van der Waals surface area contributed by atoms with Gasteiger partial charge in [-0.1, -0.05) is 0 Å². The van der Waals surface area contributed by atoms with Crippen LogP contribution in [0, 0.1) is 0 Å². The van der Waals surface area contributed by atoms with Gasteiger partial charge in [-0.05, 0) is 34.7 Å². The fourth-order valence-electron chi connectivity index (χ4n) is 2.62. The van der Waals surface area contributed by atoms with Crippen LogP contribution >= 0.6 is 0 Å². The summed E-state index contributed by atoms with van der Waals surface area (Å²) in [5, 5.41) is 10.2. The second-order valence-corrected chi connectivity index (χ2v) is 5.69. The molecule has 1 heterocycles. The van der Waals surface area contributed by atoms with Gasteiger partial charge in [-0.25, -0.2) is 0 Å². The molecular formula is C11H23NO2. The van der Waals surface area contributed by atoms with E-state index < -0.39 is 5.79 Å². The van der Waals surface area contributed by atoms with Crippen molar-refractivity contribution in [1.82, 2.24) is 4.90 Å². The molecule has 0 aliphatic carbocycles. The van der Waals surface area contributed by atoms with Crippen molar-refractivity contribution in [1.29, 1.82) is 0 Å². The van der Waals surface area contributed by atoms with Crippen LogP contribution in [0.25, 0.3) is 0 Å². The number of rotatable bonds is 1. The van der Waals surface area contributed by atoms with E-state index in [1.165, 1.54) is 0 Å². The van der Waals surface area contributed by atoms with Crippen LogP contribution < -0.4 is 0 Å². The Morgan fingerprint density at radius 3 is 1.71 bits per heavy atom. The van der Waals surface area contributed by atoms with E-state index in [9.17, 15) is 5.11 Å². The molecule has 1 aliphatic heterocycles. The standard InChI is InChI=1S/C11H23NO2/c1-9(2)7-11(13,14-6)8-10(3,4)12(9)5/h13H,7-8H2,1-6H3. The lowest BCUT2D eigenvalue weighted by Crippen LogP contribution is -2.64. The molecule has 0 bridgehead atoms. The smallest absolute Gasteiger partial charge is 0.168 e. The minimum atomic E-state index is -0.973. The van der Waals surface area contributed by atoms with Crippen molar-refractivity contribution >= 4 is 0 Å². The molecule has 1 N–H and O–H groups in total. The largest absolute Gasteiger partial charge is 0.365 e. The fourth-order valence-corrected chi connectivity index (χ4v) is 2.62. The first-order chi connectivity index (χ1) is 6.13. The number of ether oxygens (including phenoxy) is 1. The zero-order valence-electron chi connectivity index (χ0n) is 10.2. The minimum Gasteiger partial charge on any atom is -0.365 e. The maximum Gasteiger partial charge on any atom is 0.168 e. The van der Waals surface area contributed by atoms with Crippen LogP contribution in [0.4, 0.5) is 0 Å². The maximum atomic E-state index is 10.2. The molecule has 1 fully saturated rings. The van der Waals surface area contributed by atoms with Crippen LogP contribution in [0.3, 0.4) is 0 Å². The first-order valence-electron chi connectivity index (χ1n) is 5.14. The molecule has 14 heavy (non-hydrogen) atoms. The molecule has 0 radical (unpaired) electrons. The van der Waals surface area contributed by atoms with Gasteiger partial charge >= 0.3 is 0 Å². The predicted molar refractivity (Wildman–Crippen MR) is 57.1 cm³/mol. The number of aliphatic hydroxyl groups is 1. The Morgan fingerprint density at radius 1 is 1.07 bits per heavy atom. The Labute approximate surface area is 87.1 Å². The van der Waals surface area contributed by atoms with Gasteiger partial charge in [0.1, 0.15) is 0 Å². The van der Waals surface area contributed by atoms with E-state index in [1.54, 1.807) is 7.11 Å². The molecule has 1 rings (SSSR count). The van der Waals surface area contributed by atoms with Gasteiger partial charge < -0.3 is 9.84 Å². The molecule has 0 atom stereocenters. The highest BCUT2D eigenvalue weighted by atomic mass is 16.6. The highest BCUT2D eigenvalue weighted by Gasteiger charge is 2.50. The van der Waals surface area contributed by atoms with Crippen LogP contribution in [0.15, 0.2) is 0 Å². The Balaban J connectivity index is 2.97. The molecule has 3 heteroatoms. The predicted octanol–water partition coefficient (Wildman–Crippen LogP) is 1.60. The summed E-state index contributed by atoms with van der Waals surface area (Å²) in [6.45, 7) is 8.55. The number of likely N-dealkylation sites (tertiary alicyclic amines) is 1. The lowest BCUT2D eigenvalue weighted by atomic mass is 9.76. The van der Waals surface area contributed by atoms with E-state index >= 15 is 0 Å². The van der Waals surface area contributed by atoms with E-state index in [4.69, 9.17) is 4.74 Å². The van der Waals surface area contributed by atoms with Crippen LogP contribution in [0.1, 0.15) is 40.5 Å². The Hall–Kier alpha value is -0.120. The topological polar surface area (TPSA) is 32.7 Å². The van der Waals surface area contributed by atoms with Crippen molar-refractivity contribution in [2.45, 2.75) is 57.4 Å². The molecule has 0 aromatic rings. The van der Waals surface area contributed by atoms with E-state index in [2.05, 4.69) is 39.6 Å². The summed E-state index contributed by atoms with van der Waals surface area (Å²) in [4.78, 5) is 2.31. The number of methoxy groups -OCH3 is 1. The van der Waals surface area contributed by atoms with Crippen LogP contribution in [-0.2, 0) is 4.74 Å². The maximum absolute atomic E-state index is 10.2. The highest BCUT2D eigenvalue weighted by molar-refractivity contribution is 5.01. The first-order valence-corrected chi connectivity index (χ1v) is 5.14. The van der Waals surface area contributed by atoms with E-state index in [0.29, 0.717) is 12.8 Å². The molecule has 0 unspecified atom stereocenters. The van der Waals surface area contributed by atoms with Gasteiger partial charge in [0, 0.05) is 31.0 Å². The number of piperidine rings is 1. The summed E-state index contributed by atoms with van der Waals surface area (Å²) >= 11 is 0. The van der Waals surface area contributed by atoms with Gasteiger partial charge in [-0.3, -0.25) is 4.90 Å². The van der Waals surface area contributed by atoms with Crippen LogP contribution in [0.5, 0.6) is 0 Å². The summed E-state index contributed by atoms with van der Waals surface area (Å²) in [5.74, 6) is -0.973. The average molecular weight is 201 g/mol. The minimum absolute atomic E-state index is 0.0352. The summed E-state index contributed by atoms with van der Waals surface area (Å²) in [6.07, 6.45) is 1.30. The zero-order valence-corrected chi connectivity index (χ0v) is 10.2. The summed E-state index contributed by atoms with van der Waals surface area (Å²) in [7, 11) is 3.69. The van der Waals surface area contributed by atoms with Gasteiger partial charge in [-0.2, -0.15) is 0 Å².